The maximum Gasteiger partial charge on any atom is 0.210 e. The van der Waals surface area contributed by atoms with Gasteiger partial charge in [0.15, 0.2) is 12.3 Å². The molecule has 0 fully saturated rings. The van der Waals surface area contributed by atoms with E-state index >= 15 is 0 Å². The summed E-state index contributed by atoms with van der Waals surface area (Å²) >= 11 is 0. The lowest BCUT2D eigenvalue weighted by Gasteiger charge is -2.26. The lowest BCUT2D eigenvalue weighted by molar-refractivity contribution is -0.425. The summed E-state index contributed by atoms with van der Waals surface area (Å²) in [5, 5.41) is 0. The van der Waals surface area contributed by atoms with Crippen molar-refractivity contribution in [3.05, 3.63) is 108 Å². The van der Waals surface area contributed by atoms with Crippen molar-refractivity contribution >= 4 is 17.1 Å². The first-order valence-corrected chi connectivity index (χ1v) is 13.0. The molecule has 2 aromatic rings. The minimum absolute atomic E-state index is 0.0578. The smallest absolute Gasteiger partial charge is 0.210 e. The molecule has 0 bridgehead atoms. The first-order valence-electron chi connectivity index (χ1n) is 13.0. The van der Waals surface area contributed by atoms with Crippen molar-refractivity contribution in [3.8, 4) is 0 Å². The van der Waals surface area contributed by atoms with Crippen LogP contribution < -0.4 is 4.90 Å². The molecule has 0 unspecified atom stereocenters. The maximum atomic E-state index is 4.05. The van der Waals surface area contributed by atoms with Crippen molar-refractivity contribution in [2.24, 2.45) is 0 Å². The van der Waals surface area contributed by atoms with Crippen LogP contribution in [0.3, 0.4) is 0 Å². The van der Waals surface area contributed by atoms with Gasteiger partial charge in [0.1, 0.15) is 0 Å². The highest BCUT2D eigenvalue weighted by Gasteiger charge is 2.44. The number of para-hydroxylation sites is 1. The number of allylic oxidation sites excluding steroid dienone is 4. The van der Waals surface area contributed by atoms with Crippen molar-refractivity contribution in [1.82, 2.24) is 0 Å². The Morgan fingerprint density at radius 1 is 0.943 bits per heavy atom. The molecule has 0 atom stereocenters. The van der Waals surface area contributed by atoms with Crippen LogP contribution in [0.15, 0.2) is 91.7 Å². The molecule has 0 aliphatic carbocycles. The van der Waals surface area contributed by atoms with E-state index in [9.17, 15) is 0 Å². The average molecular weight is 466 g/mol. The molecule has 2 heteroatoms. The molecule has 0 amide bonds. The molecule has 2 heterocycles. The van der Waals surface area contributed by atoms with Crippen molar-refractivity contribution in [3.63, 3.8) is 0 Å². The first kappa shape index (κ1) is 25.0. The van der Waals surface area contributed by atoms with Crippen LogP contribution in [-0.2, 0) is 17.3 Å². The van der Waals surface area contributed by atoms with Gasteiger partial charge in [0, 0.05) is 41.1 Å². The van der Waals surface area contributed by atoms with Gasteiger partial charge in [-0.25, -0.2) is 0 Å². The molecule has 2 aliphatic rings. The van der Waals surface area contributed by atoms with Crippen molar-refractivity contribution in [1.29, 1.82) is 0 Å². The van der Waals surface area contributed by atoms with Gasteiger partial charge in [-0.1, -0.05) is 76.3 Å². The molecule has 4 rings (SSSR count). The summed E-state index contributed by atoms with van der Waals surface area (Å²) in [6.07, 6.45) is 14.5. The normalized spacial score (nSPS) is 18.9. The summed E-state index contributed by atoms with van der Waals surface area (Å²) in [6.45, 7) is 21.3. The topological polar surface area (TPSA) is 6.25 Å². The van der Waals surface area contributed by atoms with Gasteiger partial charge in [-0.3, -0.25) is 0 Å². The second-order valence-electron chi connectivity index (χ2n) is 10.8. The van der Waals surface area contributed by atoms with Gasteiger partial charge < -0.3 is 4.90 Å². The molecule has 0 aromatic heterocycles. The number of anilines is 1. The van der Waals surface area contributed by atoms with Crippen molar-refractivity contribution < 1.29 is 4.58 Å². The summed E-state index contributed by atoms with van der Waals surface area (Å²) in [4.78, 5) is 2.43. The van der Waals surface area contributed by atoms with Crippen LogP contribution >= 0.6 is 0 Å². The Kier molecular flexibility index (Phi) is 7.03. The van der Waals surface area contributed by atoms with E-state index in [1.54, 1.807) is 0 Å². The van der Waals surface area contributed by atoms with Crippen molar-refractivity contribution in [2.75, 3.05) is 18.0 Å². The average Bonchev–Trinajstić information content (AvgIpc) is 3.18. The Balaban J connectivity index is 1.74. The number of hydrogen-bond acceptors (Lipinski definition) is 1. The minimum atomic E-state index is -0.0649. The third-order valence-corrected chi connectivity index (χ3v) is 7.71. The molecular formula is C33H41N2+. The Labute approximate surface area is 212 Å². The number of nitrogens with zero attached hydrogens (tertiary/aromatic N) is 2. The lowest BCUT2D eigenvalue weighted by Crippen LogP contribution is -2.28. The minimum Gasteiger partial charge on any atom is -0.340 e. The van der Waals surface area contributed by atoms with Crippen LogP contribution in [0.4, 0.5) is 11.4 Å². The number of benzene rings is 2. The van der Waals surface area contributed by atoms with Crippen LogP contribution in [-0.4, -0.2) is 23.4 Å². The zero-order chi connectivity index (χ0) is 25.2. The van der Waals surface area contributed by atoms with Gasteiger partial charge in [0.25, 0.3) is 0 Å². The molecule has 2 nitrogen and oxygen atoms in total. The fraction of sp³-hybridized carbons (Fsp3) is 0.364. The number of unbranched alkanes of at least 4 members (excludes halogenated alkanes) is 1. The number of hydrogen-bond donors (Lipinski definition) is 0. The van der Waals surface area contributed by atoms with Crippen LogP contribution in [0, 0.1) is 0 Å². The summed E-state index contributed by atoms with van der Waals surface area (Å²) in [7, 11) is 0. The van der Waals surface area contributed by atoms with Gasteiger partial charge in [0.05, 0.1) is 5.41 Å². The van der Waals surface area contributed by atoms with E-state index in [0.29, 0.717) is 0 Å². The molecule has 0 radical (unpaired) electrons. The predicted molar refractivity (Wildman–Crippen MR) is 152 cm³/mol. The summed E-state index contributed by atoms with van der Waals surface area (Å²) < 4.78 is 2.40. The number of aryl methyl sites for hydroxylation is 1. The van der Waals surface area contributed by atoms with Crippen LogP contribution in [0.25, 0.3) is 0 Å². The highest BCUT2D eigenvalue weighted by molar-refractivity contribution is 6.03. The summed E-state index contributed by atoms with van der Waals surface area (Å²) in [6, 6.07) is 15.8. The summed E-state index contributed by atoms with van der Waals surface area (Å²) in [5.74, 6) is 0. The van der Waals surface area contributed by atoms with E-state index in [0.717, 1.165) is 19.5 Å². The van der Waals surface area contributed by atoms with Crippen LogP contribution in [0.1, 0.15) is 64.2 Å². The maximum absolute atomic E-state index is 4.05. The Bertz CT molecular complexity index is 1220. The second kappa shape index (κ2) is 9.85. The van der Waals surface area contributed by atoms with E-state index in [1.165, 1.54) is 52.3 Å². The highest BCUT2D eigenvalue weighted by atomic mass is 15.2. The van der Waals surface area contributed by atoms with E-state index in [-0.39, 0.29) is 10.8 Å². The summed E-state index contributed by atoms with van der Waals surface area (Å²) in [5.41, 5.74) is 9.33. The SMILES string of the molecule is C=CCN1C(=CC=CC2=[N+](CC=C)c3ccccc3C2(C)C)C(C)(C)c2cc(CCCC)ccc21. The van der Waals surface area contributed by atoms with Crippen molar-refractivity contribution in [2.45, 2.75) is 64.7 Å². The molecule has 0 saturated carbocycles. The Morgan fingerprint density at radius 2 is 1.71 bits per heavy atom. The quantitative estimate of drug-likeness (QED) is 0.268. The van der Waals surface area contributed by atoms with Gasteiger partial charge in [-0.2, -0.15) is 4.58 Å². The van der Waals surface area contributed by atoms with Crippen LogP contribution in [0.2, 0.25) is 0 Å². The third-order valence-electron chi connectivity index (χ3n) is 7.71. The fourth-order valence-electron chi connectivity index (χ4n) is 5.78. The molecule has 2 aliphatic heterocycles. The Morgan fingerprint density at radius 3 is 2.43 bits per heavy atom. The predicted octanol–water partition coefficient (Wildman–Crippen LogP) is 8.02. The molecule has 2 aromatic carbocycles. The lowest BCUT2D eigenvalue weighted by atomic mass is 9.81. The highest BCUT2D eigenvalue weighted by Crippen LogP contribution is 2.48. The van der Waals surface area contributed by atoms with E-state index in [4.69, 9.17) is 0 Å². The van der Waals surface area contributed by atoms with Gasteiger partial charge in [-0.15, -0.1) is 6.58 Å². The van der Waals surface area contributed by atoms with E-state index in [1.807, 2.05) is 12.2 Å². The Hall–Kier alpha value is -3.13. The van der Waals surface area contributed by atoms with E-state index in [2.05, 4.69) is 118 Å². The second-order valence-corrected chi connectivity index (χ2v) is 10.8. The monoisotopic (exact) mass is 465 g/mol. The van der Waals surface area contributed by atoms with Gasteiger partial charge in [-0.05, 0) is 56.0 Å². The standard InChI is InChI=1S/C33H41N2/c1-8-11-15-25-20-21-29-27(24-25)33(6,7)31(35(29)23-10-3)19-14-18-30-32(4,5)26-16-12-13-17-28(26)34(30)22-9-2/h9-10,12-14,16-21,24H,2-3,8,11,15,22-23H2,1,4-7H3/q+1. The molecular weight excluding hydrogens is 424 g/mol. The molecule has 0 N–H and O–H groups in total. The first-order chi connectivity index (χ1) is 16.8. The number of rotatable bonds is 9. The van der Waals surface area contributed by atoms with Gasteiger partial charge in [0.2, 0.25) is 5.69 Å². The zero-order valence-electron chi connectivity index (χ0n) is 22.3. The molecule has 35 heavy (non-hydrogen) atoms. The van der Waals surface area contributed by atoms with Crippen LogP contribution in [0.5, 0.6) is 0 Å². The molecule has 182 valence electrons. The molecule has 0 saturated heterocycles. The third kappa shape index (κ3) is 4.35. The number of fused-ring (bicyclic) bond motifs is 2. The molecule has 0 spiro atoms. The largest absolute Gasteiger partial charge is 0.340 e. The van der Waals surface area contributed by atoms with Gasteiger partial charge >= 0.3 is 0 Å². The zero-order valence-corrected chi connectivity index (χ0v) is 22.3. The fourth-order valence-corrected chi connectivity index (χ4v) is 5.78. The van der Waals surface area contributed by atoms with E-state index < -0.39 is 0 Å².